The summed E-state index contributed by atoms with van der Waals surface area (Å²) in [5, 5.41) is 3.32. The first-order chi connectivity index (χ1) is 8.09. The Morgan fingerprint density at radius 2 is 2.24 bits per heavy atom. The number of ether oxygens (including phenoxy) is 1. The van der Waals surface area contributed by atoms with Gasteiger partial charge < -0.3 is 15.0 Å². The van der Waals surface area contributed by atoms with Crippen molar-refractivity contribution in [3.05, 3.63) is 0 Å². The van der Waals surface area contributed by atoms with E-state index < -0.39 is 5.60 Å². The Kier molecular flexibility index (Phi) is 5.40. The van der Waals surface area contributed by atoms with E-state index in [4.69, 9.17) is 4.74 Å². The molecule has 0 aromatic carbocycles. The number of amides is 1. The lowest BCUT2D eigenvalue weighted by molar-refractivity contribution is -0.155. The van der Waals surface area contributed by atoms with E-state index in [1.165, 1.54) is 0 Å². The van der Waals surface area contributed by atoms with Crippen LogP contribution < -0.4 is 5.32 Å². The van der Waals surface area contributed by atoms with Crippen molar-refractivity contribution in [3.8, 4) is 0 Å². The highest BCUT2D eigenvalue weighted by Crippen LogP contribution is 2.21. The molecule has 0 saturated carbocycles. The molecule has 1 aliphatic heterocycles. The molecule has 2 unspecified atom stereocenters. The predicted molar refractivity (Wildman–Crippen MR) is 69.0 cm³/mol. The van der Waals surface area contributed by atoms with Gasteiger partial charge in [0.15, 0.2) is 0 Å². The van der Waals surface area contributed by atoms with E-state index in [0.29, 0.717) is 12.5 Å². The van der Waals surface area contributed by atoms with Crippen LogP contribution in [0.4, 0.5) is 0 Å². The third-order valence-electron chi connectivity index (χ3n) is 3.78. The third-order valence-corrected chi connectivity index (χ3v) is 3.78. The molecule has 2 atom stereocenters. The fourth-order valence-corrected chi connectivity index (χ4v) is 2.28. The molecular weight excluding hydrogens is 216 g/mol. The molecule has 4 nitrogen and oxygen atoms in total. The first-order valence-corrected chi connectivity index (χ1v) is 6.66. The SMILES string of the molecule is CCCN(C(=O)C(C)(CC)OC)C1CCNC1. The van der Waals surface area contributed by atoms with Gasteiger partial charge in [-0.2, -0.15) is 0 Å². The highest BCUT2D eigenvalue weighted by Gasteiger charge is 2.38. The summed E-state index contributed by atoms with van der Waals surface area (Å²) in [6.45, 7) is 8.74. The summed E-state index contributed by atoms with van der Waals surface area (Å²) in [5.41, 5.74) is -0.669. The molecule has 0 aromatic rings. The Balaban J connectivity index is 2.78. The molecule has 1 heterocycles. The number of rotatable bonds is 6. The van der Waals surface area contributed by atoms with Crippen LogP contribution in [-0.2, 0) is 9.53 Å². The molecule has 0 spiro atoms. The molecule has 1 amide bonds. The van der Waals surface area contributed by atoms with Gasteiger partial charge >= 0.3 is 0 Å². The summed E-state index contributed by atoms with van der Waals surface area (Å²) >= 11 is 0. The molecule has 1 aliphatic rings. The minimum absolute atomic E-state index is 0.137. The van der Waals surface area contributed by atoms with Gasteiger partial charge in [-0.25, -0.2) is 0 Å². The summed E-state index contributed by atoms with van der Waals surface area (Å²) in [6.07, 6.45) is 2.75. The Morgan fingerprint density at radius 1 is 1.53 bits per heavy atom. The van der Waals surface area contributed by atoms with E-state index in [9.17, 15) is 4.79 Å². The van der Waals surface area contributed by atoms with E-state index in [1.54, 1.807) is 7.11 Å². The van der Waals surface area contributed by atoms with Crippen molar-refractivity contribution in [2.24, 2.45) is 0 Å². The lowest BCUT2D eigenvalue weighted by atomic mass is 9.99. The van der Waals surface area contributed by atoms with Gasteiger partial charge in [0.25, 0.3) is 5.91 Å². The highest BCUT2D eigenvalue weighted by atomic mass is 16.5. The number of nitrogens with zero attached hydrogens (tertiary/aromatic N) is 1. The Morgan fingerprint density at radius 3 is 2.65 bits per heavy atom. The average Bonchev–Trinajstić information content (AvgIpc) is 2.87. The topological polar surface area (TPSA) is 41.6 Å². The minimum atomic E-state index is -0.669. The van der Waals surface area contributed by atoms with E-state index in [0.717, 1.165) is 32.5 Å². The molecule has 0 aromatic heterocycles. The van der Waals surface area contributed by atoms with Crippen LogP contribution in [0, 0.1) is 0 Å². The Bertz CT molecular complexity index is 246. The zero-order valence-corrected chi connectivity index (χ0v) is 11.6. The number of hydrogen-bond donors (Lipinski definition) is 1. The van der Waals surface area contributed by atoms with Gasteiger partial charge in [0.05, 0.1) is 0 Å². The van der Waals surface area contributed by atoms with Gasteiger partial charge in [0, 0.05) is 26.2 Å². The van der Waals surface area contributed by atoms with Crippen LogP contribution in [0.3, 0.4) is 0 Å². The number of methoxy groups -OCH3 is 1. The normalized spacial score (nSPS) is 23.4. The van der Waals surface area contributed by atoms with Crippen LogP contribution in [0.5, 0.6) is 0 Å². The van der Waals surface area contributed by atoms with Crippen molar-refractivity contribution >= 4 is 5.91 Å². The molecule has 17 heavy (non-hydrogen) atoms. The van der Waals surface area contributed by atoms with Crippen LogP contribution in [0.1, 0.15) is 40.0 Å². The standard InChI is InChI=1S/C13H26N2O2/c1-5-9-15(11-7-8-14-10-11)12(16)13(3,6-2)17-4/h11,14H,5-10H2,1-4H3. The van der Waals surface area contributed by atoms with Crippen molar-refractivity contribution in [2.45, 2.75) is 51.7 Å². The van der Waals surface area contributed by atoms with Crippen molar-refractivity contribution in [1.29, 1.82) is 0 Å². The number of carbonyl (C=O) groups is 1. The van der Waals surface area contributed by atoms with Gasteiger partial charge in [0.2, 0.25) is 0 Å². The zero-order chi connectivity index (χ0) is 12.9. The molecule has 1 N–H and O–H groups in total. The van der Waals surface area contributed by atoms with Crippen LogP contribution >= 0.6 is 0 Å². The van der Waals surface area contributed by atoms with Crippen LogP contribution in [0.15, 0.2) is 0 Å². The fraction of sp³-hybridized carbons (Fsp3) is 0.923. The maximum atomic E-state index is 12.6. The van der Waals surface area contributed by atoms with Gasteiger partial charge in [-0.1, -0.05) is 13.8 Å². The van der Waals surface area contributed by atoms with Crippen molar-refractivity contribution in [3.63, 3.8) is 0 Å². The molecule has 1 saturated heterocycles. The molecule has 4 heteroatoms. The Labute approximate surface area is 105 Å². The van der Waals surface area contributed by atoms with Crippen LogP contribution in [-0.4, -0.2) is 49.2 Å². The lowest BCUT2D eigenvalue weighted by Crippen LogP contribution is -2.52. The number of carbonyl (C=O) groups excluding carboxylic acids is 1. The van der Waals surface area contributed by atoms with Crippen LogP contribution in [0.25, 0.3) is 0 Å². The molecule has 0 aliphatic carbocycles. The van der Waals surface area contributed by atoms with Crippen molar-refractivity contribution < 1.29 is 9.53 Å². The van der Waals surface area contributed by atoms with Crippen LogP contribution in [0.2, 0.25) is 0 Å². The first kappa shape index (κ1) is 14.5. The number of hydrogen-bond acceptors (Lipinski definition) is 3. The molecule has 1 rings (SSSR count). The average molecular weight is 242 g/mol. The molecule has 100 valence electrons. The van der Waals surface area contributed by atoms with Crippen molar-refractivity contribution in [2.75, 3.05) is 26.7 Å². The third kappa shape index (κ3) is 3.19. The highest BCUT2D eigenvalue weighted by molar-refractivity contribution is 5.85. The Hall–Kier alpha value is -0.610. The summed E-state index contributed by atoms with van der Waals surface area (Å²) in [6, 6.07) is 0.337. The summed E-state index contributed by atoms with van der Waals surface area (Å²) in [7, 11) is 1.62. The smallest absolute Gasteiger partial charge is 0.254 e. The molecule has 1 fully saturated rings. The van der Waals surface area contributed by atoms with E-state index in [1.807, 2.05) is 18.7 Å². The second kappa shape index (κ2) is 6.36. The zero-order valence-electron chi connectivity index (χ0n) is 11.6. The lowest BCUT2D eigenvalue weighted by Gasteiger charge is -2.36. The largest absolute Gasteiger partial charge is 0.369 e. The monoisotopic (exact) mass is 242 g/mol. The first-order valence-electron chi connectivity index (χ1n) is 6.66. The van der Waals surface area contributed by atoms with Gasteiger partial charge in [-0.15, -0.1) is 0 Å². The van der Waals surface area contributed by atoms with Crippen molar-refractivity contribution in [1.82, 2.24) is 10.2 Å². The maximum absolute atomic E-state index is 12.6. The van der Waals surface area contributed by atoms with E-state index >= 15 is 0 Å². The summed E-state index contributed by atoms with van der Waals surface area (Å²) in [4.78, 5) is 14.6. The second-order valence-electron chi connectivity index (χ2n) is 4.93. The predicted octanol–water partition coefficient (Wildman–Crippen LogP) is 1.40. The van der Waals surface area contributed by atoms with Gasteiger partial charge in [0.1, 0.15) is 5.60 Å². The molecule has 0 radical (unpaired) electrons. The maximum Gasteiger partial charge on any atom is 0.254 e. The summed E-state index contributed by atoms with van der Waals surface area (Å²) in [5.74, 6) is 0.137. The van der Waals surface area contributed by atoms with E-state index in [2.05, 4.69) is 12.2 Å². The fourth-order valence-electron chi connectivity index (χ4n) is 2.28. The van der Waals surface area contributed by atoms with Gasteiger partial charge in [-0.05, 0) is 32.7 Å². The summed E-state index contributed by atoms with van der Waals surface area (Å²) < 4.78 is 5.42. The van der Waals surface area contributed by atoms with Gasteiger partial charge in [-0.3, -0.25) is 4.79 Å². The molecular formula is C13H26N2O2. The number of nitrogens with one attached hydrogen (secondary N) is 1. The quantitative estimate of drug-likeness (QED) is 0.765. The van der Waals surface area contributed by atoms with E-state index in [-0.39, 0.29) is 5.91 Å². The molecule has 0 bridgehead atoms. The minimum Gasteiger partial charge on any atom is -0.369 e. The second-order valence-corrected chi connectivity index (χ2v) is 4.93.